The normalized spacial score (nSPS) is 9.96. The summed E-state index contributed by atoms with van der Waals surface area (Å²) in [6, 6.07) is 13.7. The number of benzene rings is 2. The molecule has 0 atom stereocenters. The minimum atomic E-state index is -0.481. The van der Waals surface area contributed by atoms with E-state index < -0.39 is 5.97 Å². The van der Waals surface area contributed by atoms with Crippen molar-refractivity contribution in [1.82, 2.24) is 15.2 Å². The summed E-state index contributed by atoms with van der Waals surface area (Å²) in [4.78, 5) is 16.0. The van der Waals surface area contributed by atoms with Crippen LogP contribution in [-0.2, 0) is 4.74 Å². The largest absolute Gasteiger partial charge is 0.465 e. The average molecular weight is 381 g/mol. The van der Waals surface area contributed by atoms with Crippen LogP contribution in [0.1, 0.15) is 15.9 Å². The van der Waals surface area contributed by atoms with Crippen molar-refractivity contribution in [3.05, 3.63) is 64.8 Å². The molecule has 0 radical (unpaired) electrons. The molecule has 0 amide bonds. The van der Waals surface area contributed by atoms with Gasteiger partial charge in [-0.1, -0.05) is 23.7 Å². The van der Waals surface area contributed by atoms with Crippen LogP contribution < -0.4 is 10.6 Å². The summed E-state index contributed by atoms with van der Waals surface area (Å²) in [5, 5.41) is 23.3. The summed E-state index contributed by atoms with van der Waals surface area (Å²) in [5.41, 5.74) is 1.81. The lowest BCUT2D eigenvalue weighted by Crippen LogP contribution is -2.05. The van der Waals surface area contributed by atoms with Gasteiger partial charge in [0.1, 0.15) is 6.07 Å². The van der Waals surface area contributed by atoms with Gasteiger partial charge in [-0.25, -0.2) is 4.79 Å². The van der Waals surface area contributed by atoms with Crippen LogP contribution in [0.2, 0.25) is 5.02 Å². The number of aromatic nitrogens is 3. The third kappa shape index (κ3) is 4.29. The Morgan fingerprint density at radius 2 is 2.00 bits per heavy atom. The molecule has 0 unspecified atom stereocenters. The zero-order valence-electron chi connectivity index (χ0n) is 14.1. The monoisotopic (exact) mass is 380 g/mol. The molecule has 2 aromatic carbocycles. The first kappa shape index (κ1) is 18.1. The van der Waals surface area contributed by atoms with E-state index in [2.05, 4.69) is 31.9 Å². The Balaban J connectivity index is 1.84. The fraction of sp³-hybridized carbons (Fsp3) is 0.0556. The van der Waals surface area contributed by atoms with Gasteiger partial charge >= 0.3 is 5.97 Å². The first-order chi connectivity index (χ1) is 13.1. The second-order valence-corrected chi connectivity index (χ2v) is 5.67. The van der Waals surface area contributed by atoms with Crippen molar-refractivity contribution in [2.24, 2.45) is 0 Å². The number of methoxy groups -OCH3 is 1. The third-order valence-corrected chi connectivity index (χ3v) is 3.83. The molecule has 2 N–H and O–H groups in total. The summed E-state index contributed by atoms with van der Waals surface area (Å²) >= 11 is 6.17. The average Bonchev–Trinajstić information content (AvgIpc) is 2.70. The maximum absolute atomic E-state index is 11.7. The smallest absolute Gasteiger partial charge is 0.337 e. The molecule has 1 heterocycles. The molecule has 1 aromatic heterocycles. The number of anilines is 4. The Morgan fingerprint density at radius 3 is 2.78 bits per heavy atom. The fourth-order valence-corrected chi connectivity index (χ4v) is 2.40. The van der Waals surface area contributed by atoms with Gasteiger partial charge in [-0.3, -0.25) is 0 Å². The molecule has 0 saturated carbocycles. The topological polar surface area (TPSA) is 113 Å². The number of carbonyl (C=O) groups is 1. The number of esters is 1. The third-order valence-electron chi connectivity index (χ3n) is 3.50. The maximum atomic E-state index is 11.7. The molecule has 0 spiro atoms. The predicted molar refractivity (Wildman–Crippen MR) is 100 cm³/mol. The van der Waals surface area contributed by atoms with E-state index in [1.54, 1.807) is 42.5 Å². The van der Waals surface area contributed by atoms with Crippen LogP contribution in [0.3, 0.4) is 0 Å². The highest BCUT2D eigenvalue weighted by molar-refractivity contribution is 6.33. The van der Waals surface area contributed by atoms with Gasteiger partial charge in [0.05, 0.1) is 40.8 Å². The molecule has 0 aliphatic rings. The second-order valence-electron chi connectivity index (χ2n) is 5.26. The van der Waals surface area contributed by atoms with E-state index in [0.29, 0.717) is 33.3 Å². The van der Waals surface area contributed by atoms with E-state index in [9.17, 15) is 4.79 Å². The van der Waals surface area contributed by atoms with Crippen molar-refractivity contribution >= 4 is 40.7 Å². The summed E-state index contributed by atoms with van der Waals surface area (Å²) in [6.07, 6.45) is 1.41. The zero-order valence-corrected chi connectivity index (χ0v) is 14.9. The Bertz CT molecular complexity index is 1030. The van der Waals surface area contributed by atoms with E-state index in [1.807, 2.05) is 0 Å². The molecule has 3 rings (SSSR count). The number of nitrogens with one attached hydrogen (secondary N) is 2. The van der Waals surface area contributed by atoms with E-state index >= 15 is 0 Å². The lowest BCUT2D eigenvalue weighted by Gasteiger charge is -2.10. The van der Waals surface area contributed by atoms with Crippen molar-refractivity contribution < 1.29 is 9.53 Å². The molecule has 8 nitrogen and oxygen atoms in total. The molecule has 0 aliphatic heterocycles. The fourth-order valence-electron chi connectivity index (χ4n) is 2.23. The van der Waals surface area contributed by atoms with Gasteiger partial charge in [0, 0.05) is 0 Å². The van der Waals surface area contributed by atoms with Gasteiger partial charge in [-0.2, -0.15) is 15.3 Å². The molecule has 134 valence electrons. The van der Waals surface area contributed by atoms with Gasteiger partial charge in [0.15, 0.2) is 5.82 Å². The predicted octanol–water partition coefficient (Wildman–Crippen LogP) is 3.67. The molecule has 27 heavy (non-hydrogen) atoms. The van der Waals surface area contributed by atoms with Gasteiger partial charge in [0.2, 0.25) is 5.95 Å². The quantitative estimate of drug-likeness (QED) is 0.644. The van der Waals surface area contributed by atoms with Gasteiger partial charge < -0.3 is 15.4 Å². The minimum absolute atomic E-state index is 0.197. The maximum Gasteiger partial charge on any atom is 0.337 e. The number of rotatable bonds is 5. The molecule has 0 fully saturated rings. The van der Waals surface area contributed by atoms with Crippen molar-refractivity contribution in [2.45, 2.75) is 0 Å². The standard InChI is InChI=1S/C18H13ClN6O2/c1-27-17(26)11-6-7-13(19)15(8-11)22-16-10-21-25-18(24-16)23-14-5-3-2-4-12(14)9-20/h2-8,10H,1H3,(H2,22,23,24,25). The van der Waals surface area contributed by atoms with E-state index in [-0.39, 0.29) is 5.95 Å². The molecular formula is C18H13ClN6O2. The van der Waals surface area contributed by atoms with Gasteiger partial charge in [0.25, 0.3) is 0 Å². The van der Waals surface area contributed by atoms with Crippen LogP contribution in [0.5, 0.6) is 0 Å². The number of para-hydroxylation sites is 1. The second kappa shape index (κ2) is 8.12. The number of nitriles is 1. The Labute approximate surface area is 159 Å². The highest BCUT2D eigenvalue weighted by atomic mass is 35.5. The van der Waals surface area contributed by atoms with Crippen LogP contribution in [-0.4, -0.2) is 28.3 Å². The van der Waals surface area contributed by atoms with Crippen LogP contribution in [0.25, 0.3) is 0 Å². The lowest BCUT2D eigenvalue weighted by atomic mass is 10.2. The van der Waals surface area contributed by atoms with Crippen LogP contribution in [0.4, 0.5) is 23.1 Å². The lowest BCUT2D eigenvalue weighted by molar-refractivity contribution is 0.0601. The van der Waals surface area contributed by atoms with Gasteiger partial charge in [-0.15, -0.1) is 5.10 Å². The van der Waals surface area contributed by atoms with E-state index in [0.717, 1.165) is 0 Å². The Kier molecular flexibility index (Phi) is 5.44. The van der Waals surface area contributed by atoms with Crippen molar-refractivity contribution in [1.29, 1.82) is 5.26 Å². The zero-order chi connectivity index (χ0) is 19.2. The number of nitrogens with zero attached hydrogens (tertiary/aromatic N) is 4. The molecule has 3 aromatic rings. The van der Waals surface area contributed by atoms with E-state index in [1.165, 1.54) is 13.3 Å². The first-order valence-electron chi connectivity index (χ1n) is 7.71. The molecule has 0 bridgehead atoms. The van der Waals surface area contributed by atoms with Crippen LogP contribution in [0, 0.1) is 11.3 Å². The van der Waals surface area contributed by atoms with Crippen LogP contribution in [0.15, 0.2) is 48.7 Å². The molecule has 0 saturated heterocycles. The number of carbonyl (C=O) groups excluding carboxylic acids is 1. The molecular weight excluding hydrogens is 368 g/mol. The summed E-state index contributed by atoms with van der Waals surface area (Å²) < 4.78 is 4.70. The van der Waals surface area contributed by atoms with Crippen molar-refractivity contribution in [3.63, 3.8) is 0 Å². The van der Waals surface area contributed by atoms with Crippen LogP contribution >= 0.6 is 11.6 Å². The van der Waals surface area contributed by atoms with Crippen molar-refractivity contribution in [2.75, 3.05) is 17.7 Å². The summed E-state index contributed by atoms with van der Waals surface area (Å²) in [6.45, 7) is 0. The van der Waals surface area contributed by atoms with Crippen molar-refractivity contribution in [3.8, 4) is 6.07 Å². The van der Waals surface area contributed by atoms with Gasteiger partial charge in [-0.05, 0) is 30.3 Å². The summed E-state index contributed by atoms with van der Waals surface area (Å²) in [5.74, 6) is 0.0693. The highest BCUT2D eigenvalue weighted by Crippen LogP contribution is 2.26. The number of hydrogen-bond donors (Lipinski definition) is 2. The number of halogens is 1. The summed E-state index contributed by atoms with van der Waals surface area (Å²) in [7, 11) is 1.30. The number of ether oxygens (including phenoxy) is 1. The molecule has 0 aliphatic carbocycles. The SMILES string of the molecule is COC(=O)c1ccc(Cl)c(Nc2cnnc(Nc3ccccc3C#N)n2)c1. The first-order valence-corrected chi connectivity index (χ1v) is 8.09. The Hall–Kier alpha value is -3.70. The Morgan fingerprint density at radius 1 is 1.19 bits per heavy atom. The minimum Gasteiger partial charge on any atom is -0.465 e. The number of hydrogen-bond acceptors (Lipinski definition) is 8. The molecule has 9 heteroatoms. The highest BCUT2D eigenvalue weighted by Gasteiger charge is 2.11. The van der Waals surface area contributed by atoms with E-state index in [4.69, 9.17) is 21.6 Å².